The third-order valence-corrected chi connectivity index (χ3v) is 4.65. The van der Waals surface area contributed by atoms with Crippen LogP contribution < -0.4 is 0 Å². The minimum atomic E-state index is 0.237. The van der Waals surface area contributed by atoms with Gasteiger partial charge in [0, 0.05) is 20.4 Å². The Labute approximate surface area is 152 Å². The first kappa shape index (κ1) is 15.9. The molecule has 0 atom stereocenters. The number of hydrogen-bond donors (Lipinski definition) is 1. The third kappa shape index (κ3) is 2.91. The molecule has 22 heavy (non-hydrogen) atoms. The number of fused-ring (bicyclic) bond motifs is 1. The van der Waals surface area contributed by atoms with Gasteiger partial charge in [-0.3, -0.25) is 0 Å². The molecule has 0 amide bonds. The van der Waals surface area contributed by atoms with Gasteiger partial charge in [0.1, 0.15) is 5.58 Å². The lowest BCUT2D eigenvalue weighted by atomic mass is 10.1. The van der Waals surface area contributed by atoms with Gasteiger partial charge in [0.05, 0.1) is 9.50 Å². The average molecular weight is 464 g/mol. The molecule has 1 heterocycles. The van der Waals surface area contributed by atoms with Gasteiger partial charge in [0.2, 0.25) is 0 Å². The molecule has 1 N–H and O–H groups in total. The molecule has 3 nitrogen and oxygen atoms in total. The number of hydrogen-bond acceptors (Lipinski definition) is 3. The summed E-state index contributed by atoms with van der Waals surface area (Å²) in [5.41, 5.74) is 1.42. The highest BCUT2D eigenvalue weighted by molar-refractivity contribution is 9.11. The fourth-order valence-electron chi connectivity index (χ4n) is 2.11. The zero-order chi connectivity index (χ0) is 15.9. The molecule has 0 fully saturated rings. The van der Waals surface area contributed by atoms with Crippen LogP contribution in [-0.2, 0) is 0 Å². The van der Waals surface area contributed by atoms with Gasteiger partial charge < -0.3 is 9.62 Å². The minimum absolute atomic E-state index is 0.237. The molecule has 0 aliphatic carbocycles. The Balaban J connectivity index is 2.18. The Morgan fingerprint density at radius 1 is 1.09 bits per heavy atom. The van der Waals surface area contributed by atoms with Crippen molar-refractivity contribution in [3.8, 4) is 0 Å². The van der Waals surface area contributed by atoms with Crippen LogP contribution in [0.1, 0.15) is 11.3 Å². The predicted molar refractivity (Wildman–Crippen MR) is 95.5 cm³/mol. The van der Waals surface area contributed by atoms with Crippen molar-refractivity contribution in [3.05, 3.63) is 66.7 Å². The Morgan fingerprint density at radius 2 is 1.86 bits per heavy atom. The van der Waals surface area contributed by atoms with Crippen molar-refractivity contribution in [1.29, 1.82) is 0 Å². The highest BCUT2D eigenvalue weighted by atomic mass is 79.9. The summed E-state index contributed by atoms with van der Waals surface area (Å²) in [6.45, 7) is 0. The van der Waals surface area contributed by atoms with E-state index in [0.717, 1.165) is 14.3 Å². The monoisotopic (exact) mass is 461 g/mol. The summed E-state index contributed by atoms with van der Waals surface area (Å²) in [5, 5.41) is 14.5. The number of nitrogens with zero attached hydrogens (tertiary/aromatic N) is 1. The van der Waals surface area contributed by atoms with E-state index in [1.54, 1.807) is 24.3 Å². The van der Waals surface area contributed by atoms with Gasteiger partial charge in [-0.25, -0.2) is 0 Å². The summed E-state index contributed by atoms with van der Waals surface area (Å²) >= 11 is 18.9. The van der Waals surface area contributed by atoms with Crippen LogP contribution in [0.3, 0.4) is 0 Å². The van der Waals surface area contributed by atoms with Gasteiger partial charge in [0.25, 0.3) is 0 Å². The van der Waals surface area contributed by atoms with E-state index in [-0.39, 0.29) is 5.71 Å². The fourth-order valence-corrected chi connectivity index (χ4v) is 3.95. The lowest BCUT2D eigenvalue weighted by Crippen LogP contribution is -2.02. The van der Waals surface area contributed by atoms with Gasteiger partial charge in [-0.1, -0.05) is 44.3 Å². The fraction of sp³-hybridized carbons (Fsp3) is 0. The first-order chi connectivity index (χ1) is 10.5. The quantitative estimate of drug-likeness (QED) is 0.268. The van der Waals surface area contributed by atoms with Gasteiger partial charge >= 0.3 is 0 Å². The van der Waals surface area contributed by atoms with Crippen molar-refractivity contribution in [3.63, 3.8) is 0 Å². The molecular weight excluding hydrogens is 457 g/mol. The first-order valence-corrected chi connectivity index (χ1v) is 8.40. The molecule has 1 aromatic heterocycles. The molecule has 2 aromatic carbocycles. The van der Waals surface area contributed by atoms with Crippen molar-refractivity contribution in [1.82, 2.24) is 0 Å². The molecule has 112 valence electrons. The highest BCUT2D eigenvalue weighted by Gasteiger charge is 2.18. The lowest BCUT2D eigenvalue weighted by Gasteiger charge is -2.04. The summed E-state index contributed by atoms with van der Waals surface area (Å²) in [4.78, 5) is 0. The molecule has 0 unspecified atom stereocenters. The SMILES string of the molecule is O/N=C(/c1cc2cc(Br)cc(Br)c2o1)c1ccc(Cl)cc1Cl. The highest BCUT2D eigenvalue weighted by Crippen LogP contribution is 2.33. The largest absolute Gasteiger partial charge is 0.453 e. The predicted octanol–water partition coefficient (Wildman–Crippen LogP) is 6.49. The maximum absolute atomic E-state index is 9.39. The van der Waals surface area contributed by atoms with Crippen molar-refractivity contribution in [2.24, 2.45) is 5.16 Å². The molecule has 0 radical (unpaired) electrons. The maximum atomic E-state index is 9.39. The number of oxime groups is 1. The molecule has 3 rings (SSSR count). The number of furan rings is 1. The zero-order valence-corrected chi connectivity index (χ0v) is 15.5. The van der Waals surface area contributed by atoms with Gasteiger partial charge in [-0.2, -0.15) is 0 Å². The Morgan fingerprint density at radius 3 is 2.55 bits per heavy atom. The molecule has 3 aromatic rings. The second-order valence-corrected chi connectivity index (χ2v) is 7.10. The average Bonchev–Trinajstić information content (AvgIpc) is 2.86. The number of benzene rings is 2. The standard InChI is InChI=1S/C15H7Br2Cl2NO2/c16-8-3-7-4-13(22-15(7)11(17)5-8)14(20-21)10-2-1-9(18)6-12(10)19/h1-6,21H/b20-14+. The van der Waals surface area contributed by atoms with Crippen LogP contribution in [0.25, 0.3) is 11.0 Å². The van der Waals surface area contributed by atoms with E-state index in [1.807, 2.05) is 12.1 Å². The van der Waals surface area contributed by atoms with Crippen LogP contribution in [0.4, 0.5) is 0 Å². The van der Waals surface area contributed by atoms with Crippen LogP contribution >= 0.6 is 55.1 Å². The zero-order valence-electron chi connectivity index (χ0n) is 10.8. The van der Waals surface area contributed by atoms with Crippen LogP contribution in [0, 0.1) is 0 Å². The Bertz CT molecular complexity index is 906. The Hall–Kier alpha value is -1.01. The van der Waals surface area contributed by atoms with Crippen molar-refractivity contribution in [2.75, 3.05) is 0 Å². The molecule has 0 bridgehead atoms. The van der Waals surface area contributed by atoms with E-state index in [9.17, 15) is 5.21 Å². The summed E-state index contributed by atoms with van der Waals surface area (Å²) in [7, 11) is 0. The van der Waals surface area contributed by atoms with Gasteiger partial charge in [-0.05, 0) is 52.3 Å². The summed E-state index contributed by atoms with van der Waals surface area (Å²) in [5.74, 6) is 0.403. The van der Waals surface area contributed by atoms with Crippen LogP contribution in [0.15, 0.2) is 54.9 Å². The van der Waals surface area contributed by atoms with E-state index in [0.29, 0.717) is 27.0 Å². The van der Waals surface area contributed by atoms with E-state index in [1.165, 1.54) is 0 Å². The van der Waals surface area contributed by atoms with Crippen LogP contribution in [0.2, 0.25) is 10.0 Å². The van der Waals surface area contributed by atoms with E-state index in [2.05, 4.69) is 37.0 Å². The normalized spacial score (nSPS) is 12.1. The smallest absolute Gasteiger partial charge is 0.157 e. The topological polar surface area (TPSA) is 45.7 Å². The number of rotatable bonds is 2. The first-order valence-electron chi connectivity index (χ1n) is 6.06. The van der Waals surface area contributed by atoms with Gasteiger partial charge in [-0.15, -0.1) is 0 Å². The molecular formula is C15H7Br2Cl2NO2. The van der Waals surface area contributed by atoms with E-state index >= 15 is 0 Å². The van der Waals surface area contributed by atoms with E-state index < -0.39 is 0 Å². The third-order valence-electron chi connectivity index (χ3n) is 3.06. The second kappa shape index (κ2) is 6.24. The molecule has 0 saturated heterocycles. The van der Waals surface area contributed by atoms with Crippen molar-refractivity contribution >= 4 is 71.7 Å². The van der Waals surface area contributed by atoms with Crippen LogP contribution in [0.5, 0.6) is 0 Å². The summed E-state index contributed by atoms with van der Waals surface area (Å²) < 4.78 is 7.50. The van der Waals surface area contributed by atoms with E-state index in [4.69, 9.17) is 27.6 Å². The molecule has 0 aliphatic heterocycles. The second-order valence-electron chi connectivity index (χ2n) is 4.49. The van der Waals surface area contributed by atoms with Crippen LogP contribution in [-0.4, -0.2) is 10.9 Å². The molecule has 0 aliphatic rings. The Kier molecular flexibility index (Phi) is 4.50. The molecule has 0 spiro atoms. The van der Waals surface area contributed by atoms with Crippen molar-refractivity contribution in [2.45, 2.75) is 0 Å². The lowest BCUT2D eigenvalue weighted by molar-refractivity contribution is 0.318. The molecule has 0 saturated carbocycles. The van der Waals surface area contributed by atoms with Crippen molar-refractivity contribution < 1.29 is 9.62 Å². The summed E-state index contributed by atoms with van der Waals surface area (Å²) in [6.07, 6.45) is 0. The number of halogens is 4. The molecule has 7 heteroatoms. The summed E-state index contributed by atoms with van der Waals surface area (Å²) in [6, 6.07) is 10.5. The van der Waals surface area contributed by atoms with Gasteiger partial charge in [0.15, 0.2) is 11.5 Å². The minimum Gasteiger partial charge on any atom is -0.453 e. The maximum Gasteiger partial charge on any atom is 0.157 e.